The molecular formula is C24H24ClIN7O5S2. The number of carbonyl (C=O) groups excluding carboxylic acids is 3. The topological polar surface area (TPSA) is 187 Å². The maximum atomic E-state index is 13.8. The summed E-state index contributed by atoms with van der Waals surface area (Å²) >= 11 is 7.16. The first-order chi connectivity index (χ1) is 18.4. The van der Waals surface area contributed by atoms with Crippen LogP contribution in [0.4, 0.5) is 5.69 Å². The van der Waals surface area contributed by atoms with Crippen LogP contribution in [0.25, 0.3) is 10.9 Å². The number of benzene rings is 1. The van der Waals surface area contributed by atoms with E-state index in [1.54, 1.807) is 37.4 Å². The Morgan fingerprint density at radius 3 is 2.40 bits per heavy atom. The third-order valence-corrected chi connectivity index (χ3v) is 9.48. The highest BCUT2D eigenvalue weighted by Crippen LogP contribution is 2.35. The number of halogens is 2. The van der Waals surface area contributed by atoms with E-state index in [-0.39, 0.29) is 60.0 Å². The molecule has 2 atom stereocenters. The fourth-order valence-corrected chi connectivity index (χ4v) is 7.40. The van der Waals surface area contributed by atoms with E-state index in [9.17, 15) is 22.8 Å². The summed E-state index contributed by atoms with van der Waals surface area (Å²) in [6.07, 6.45) is 0.945. The van der Waals surface area contributed by atoms with Crippen molar-refractivity contribution in [1.29, 1.82) is 0 Å². The summed E-state index contributed by atoms with van der Waals surface area (Å²) in [6.45, 7) is 1.34. The number of amides is 3. The number of aliphatic imine (C=N–C) groups is 1. The van der Waals surface area contributed by atoms with E-state index in [1.165, 1.54) is 11.0 Å². The summed E-state index contributed by atoms with van der Waals surface area (Å²) in [5.41, 5.74) is 12.9. The number of nitrogens with one attached hydrogen (secondary N) is 1. The zero-order valence-electron chi connectivity index (χ0n) is 21.0. The van der Waals surface area contributed by atoms with Gasteiger partial charge in [-0.3, -0.25) is 19.4 Å². The van der Waals surface area contributed by atoms with Crippen LogP contribution in [0.5, 0.6) is 0 Å². The molecular weight excluding hydrogens is 693 g/mol. The quantitative estimate of drug-likeness (QED) is 0.237. The molecule has 211 valence electrons. The van der Waals surface area contributed by atoms with Crippen LogP contribution in [-0.2, 0) is 24.4 Å². The lowest BCUT2D eigenvalue weighted by Gasteiger charge is -2.44. The molecule has 12 nitrogen and oxygen atoms in total. The Hall–Kier alpha value is -2.73. The van der Waals surface area contributed by atoms with Crippen LogP contribution < -0.4 is 40.4 Å². The van der Waals surface area contributed by atoms with Crippen molar-refractivity contribution in [3.05, 3.63) is 47.2 Å². The molecule has 16 heteroatoms. The van der Waals surface area contributed by atoms with Gasteiger partial charge in [-0.25, -0.2) is 8.42 Å². The number of rotatable bonds is 7. The number of hydrogen-bond acceptors (Lipinski definition) is 8. The van der Waals surface area contributed by atoms with Crippen molar-refractivity contribution >= 4 is 72.7 Å². The molecule has 5 N–H and O–H groups in total. The van der Waals surface area contributed by atoms with Crippen molar-refractivity contribution in [3.8, 4) is 0 Å². The molecule has 2 aliphatic rings. The molecule has 1 fully saturated rings. The van der Waals surface area contributed by atoms with Gasteiger partial charge in [0.15, 0.2) is 0 Å². The second-order valence-corrected chi connectivity index (χ2v) is 12.7. The Balaban J connectivity index is 0.00000370. The number of pyridine rings is 1. The maximum absolute atomic E-state index is 13.8. The number of carbonyl (C=O) groups is 3. The average molecular weight is 717 g/mol. The molecule has 3 amide bonds. The highest BCUT2D eigenvalue weighted by molar-refractivity contribution is 8.16. The first-order valence-electron chi connectivity index (χ1n) is 11.8. The van der Waals surface area contributed by atoms with Gasteiger partial charge in [-0.05, 0) is 31.2 Å². The van der Waals surface area contributed by atoms with Crippen molar-refractivity contribution in [2.45, 2.75) is 41.8 Å². The molecule has 0 aliphatic carbocycles. The molecule has 0 spiro atoms. The Morgan fingerprint density at radius 2 is 1.77 bits per heavy atom. The van der Waals surface area contributed by atoms with Crippen LogP contribution in [0.3, 0.4) is 0 Å². The predicted octanol–water partition coefficient (Wildman–Crippen LogP) is -1.98. The second kappa shape index (κ2) is 11.6. The molecule has 2 aliphatic heterocycles. The number of H-pyrrole nitrogens is 1. The normalized spacial score (nSPS) is 19.1. The first kappa shape index (κ1) is 30.2. The zero-order valence-corrected chi connectivity index (χ0v) is 25.6. The van der Waals surface area contributed by atoms with Crippen LogP contribution >= 0.6 is 23.4 Å². The van der Waals surface area contributed by atoms with E-state index in [1.807, 2.05) is 0 Å². The Bertz CT molecular complexity index is 1640. The van der Waals surface area contributed by atoms with E-state index in [0.29, 0.717) is 26.5 Å². The van der Waals surface area contributed by atoms with Gasteiger partial charge in [-0.2, -0.15) is 4.31 Å². The van der Waals surface area contributed by atoms with E-state index < -0.39 is 39.8 Å². The summed E-state index contributed by atoms with van der Waals surface area (Å²) in [5, 5.41) is 1.06. The molecule has 1 saturated heterocycles. The Labute approximate surface area is 256 Å². The minimum Gasteiger partial charge on any atom is -1.00 e. The fourth-order valence-electron chi connectivity index (χ4n) is 4.83. The van der Waals surface area contributed by atoms with Gasteiger partial charge in [0.25, 0.3) is 15.7 Å². The molecule has 5 rings (SSSR count). The SMILES string of the molecule is Cc1cc2c(cn1)SC(C(=O)N1C(CC(N)=O)CN(S(=O)(=O)c3cc4cc(Cl)ccc4[nH]3)CC1CC(N)=O)=[N+]2.[I-]. The molecule has 2 unspecified atom stereocenters. The van der Waals surface area contributed by atoms with Gasteiger partial charge in [0.1, 0.15) is 9.92 Å². The number of aromatic nitrogens is 2. The van der Waals surface area contributed by atoms with Crippen LogP contribution in [0, 0.1) is 6.92 Å². The summed E-state index contributed by atoms with van der Waals surface area (Å²) in [5.74, 6) is -2.03. The van der Waals surface area contributed by atoms with Crippen molar-refractivity contribution in [2.75, 3.05) is 13.1 Å². The number of fused-ring (bicyclic) bond motifs is 2. The minimum absolute atomic E-state index is 0. The number of primary amides is 2. The number of hydrogen-bond donors (Lipinski definition) is 3. The molecule has 1 radical (unpaired) electrons. The maximum Gasteiger partial charge on any atom is 0.381 e. The van der Waals surface area contributed by atoms with Crippen molar-refractivity contribution in [1.82, 2.24) is 24.2 Å². The molecule has 2 aromatic heterocycles. The number of thioether (sulfide) groups is 1. The lowest BCUT2D eigenvalue weighted by Crippen LogP contribution is -3.00. The lowest BCUT2D eigenvalue weighted by molar-refractivity contribution is -0.134. The zero-order chi connectivity index (χ0) is 28.1. The summed E-state index contributed by atoms with van der Waals surface area (Å²) in [6, 6.07) is 6.19. The van der Waals surface area contributed by atoms with Gasteiger partial charge >= 0.3 is 11.0 Å². The van der Waals surface area contributed by atoms with Gasteiger partial charge in [0.05, 0.1) is 17.1 Å². The van der Waals surface area contributed by atoms with Gasteiger partial charge < -0.3 is 45.3 Å². The summed E-state index contributed by atoms with van der Waals surface area (Å²) in [4.78, 5) is 51.4. The number of sulfonamides is 1. The monoisotopic (exact) mass is 716 g/mol. The number of aromatic amines is 1. The van der Waals surface area contributed by atoms with E-state index >= 15 is 0 Å². The molecule has 0 bridgehead atoms. The fraction of sp³-hybridized carbons (Fsp3) is 0.292. The molecule has 0 saturated carbocycles. The average Bonchev–Trinajstić information content (AvgIpc) is 3.46. The van der Waals surface area contributed by atoms with Crippen molar-refractivity contribution < 1.29 is 46.8 Å². The molecule has 40 heavy (non-hydrogen) atoms. The first-order valence-corrected chi connectivity index (χ1v) is 14.5. The standard InChI is InChI=1S/C24H24ClN7O5S2.HI/c1-12-4-18-19(9-28-12)38-23(30-18)24(35)32-15(7-20(26)33)10-31(11-16(32)8-21(27)34)39(36,37)22-6-13-5-14(25)2-3-17(13)29-22;/h2-6,9,15-16,29H,7-8,10-11H2,1H3,(H2,26,33)(H2,27,34);1H/q+1;/p-1. The van der Waals surface area contributed by atoms with E-state index in [0.717, 1.165) is 21.8 Å². The smallest absolute Gasteiger partial charge is 0.381 e. The van der Waals surface area contributed by atoms with Crippen LogP contribution in [0.1, 0.15) is 18.5 Å². The largest absolute Gasteiger partial charge is 1.00 e. The highest BCUT2D eigenvalue weighted by atomic mass is 127. The van der Waals surface area contributed by atoms with Crippen molar-refractivity contribution in [3.63, 3.8) is 0 Å². The predicted molar refractivity (Wildman–Crippen MR) is 146 cm³/mol. The highest BCUT2D eigenvalue weighted by Gasteiger charge is 2.48. The van der Waals surface area contributed by atoms with E-state index in [4.69, 9.17) is 23.1 Å². The molecule has 1 aromatic carbocycles. The van der Waals surface area contributed by atoms with Gasteiger partial charge in [0, 0.05) is 71.6 Å². The second-order valence-electron chi connectivity index (χ2n) is 9.36. The number of aryl methyl sites for hydroxylation is 1. The van der Waals surface area contributed by atoms with Gasteiger partial charge in [-0.1, -0.05) is 11.6 Å². The number of nitrogens with zero attached hydrogens (tertiary/aromatic N) is 4. The lowest BCUT2D eigenvalue weighted by atomic mass is 10.0. The summed E-state index contributed by atoms with van der Waals surface area (Å²) in [7, 11) is -4.14. The Morgan fingerprint density at radius 1 is 1.12 bits per heavy atom. The van der Waals surface area contributed by atoms with Crippen LogP contribution in [0.15, 0.2) is 46.5 Å². The minimum atomic E-state index is -4.14. The number of piperazine rings is 1. The van der Waals surface area contributed by atoms with Crippen LogP contribution in [-0.4, -0.2) is 75.5 Å². The Kier molecular flexibility index (Phi) is 8.79. The third-order valence-electron chi connectivity index (χ3n) is 6.49. The third kappa shape index (κ3) is 5.97. The molecule has 3 aromatic rings. The van der Waals surface area contributed by atoms with Crippen molar-refractivity contribution in [2.24, 2.45) is 11.5 Å². The van der Waals surface area contributed by atoms with Crippen LogP contribution in [0.2, 0.25) is 5.02 Å². The summed E-state index contributed by atoms with van der Waals surface area (Å²) < 4.78 is 28.6. The van der Waals surface area contributed by atoms with Gasteiger partial charge in [0.2, 0.25) is 11.8 Å². The van der Waals surface area contributed by atoms with E-state index in [2.05, 4.69) is 15.0 Å². The number of nitrogens with two attached hydrogens (primary N) is 2. The molecule has 4 heterocycles. The van der Waals surface area contributed by atoms with Gasteiger partial charge in [-0.15, -0.1) is 0 Å².